The normalized spacial score (nSPS) is 27.7. The van der Waals surface area contributed by atoms with E-state index in [2.05, 4.69) is 0 Å². The van der Waals surface area contributed by atoms with Crippen molar-refractivity contribution in [2.75, 3.05) is 6.61 Å². The molecule has 100 valence electrons. The molecule has 0 spiro atoms. The maximum atomic E-state index is 13.3. The quantitative estimate of drug-likeness (QED) is 0.663. The van der Waals surface area contributed by atoms with Gasteiger partial charge in [0.2, 0.25) is 5.82 Å². The van der Waals surface area contributed by atoms with Crippen LogP contribution in [-0.2, 0) is 11.8 Å². The average molecular weight is 260 g/mol. The van der Waals surface area contributed by atoms with Crippen molar-refractivity contribution in [3.05, 3.63) is 32.9 Å². The predicted octanol–water partition coefficient (Wildman–Crippen LogP) is -1.67. The Morgan fingerprint density at radius 2 is 2.22 bits per heavy atom. The number of aromatic nitrogens is 2. The molecule has 3 atom stereocenters. The standard InChI is InChI=1S/C10H13FN2O5/c1-12-9(16)5(11)3-13(10(12)17)8-2-6(15)7(4-14)18-8/h3,6-8,14-15H,2,4H2,1H3. The van der Waals surface area contributed by atoms with Gasteiger partial charge in [-0.25, -0.2) is 4.79 Å². The number of hydrogen-bond donors (Lipinski definition) is 2. The van der Waals surface area contributed by atoms with E-state index in [1.165, 1.54) is 0 Å². The van der Waals surface area contributed by atoms with Gasteiger partial charge in [-0.05, 0) is 0 Å². The number of ether oxygens (including phenoxy) is 1. The van der Waals surface area contributed by atoms with E-state index in [1.54, 1.807) is 0 Å². The SMILES string of the molecule is Cn1c(=O)c(F)cn(C2CC(O)C(CO)O2)c1=O. The summed E-state index contributed by atoms with van der Waals surface area (Å²) in [6, 6.07) is 0. The zero-order valence-electron chi connectivity index (χ0n) is 9.62. The summed E-state index contributed by atoms with van der Waals surface area (Å²) in [4.78, 5) is 23.0. The van der Waals surface area contributed by atoms with Gasteiger partial charge in [-0.15, -0.1) is 0 Å². The smallest absolute Gasteiger partial charge is 0.333 e. The van der Waals surface area contributed by atoms with E-state index in [0.29, 0.717) is 4.57 Å². The lowest BCUT2D eigenvalue weighted by molar-refractivity contribution is -0.0465. The van der Waals surface area contributed by atoms with Crippen molar-refractivity contribution in [3.63, 3.8) is 0 Å². The van der Waals surface area contributed by atoms with Crippen LogP contribution in [0.15, 0.2) is 15.8 Å². The molecule has 7 nitrogen and oxygen atoms in total. The Bertz CT molecular complexity index is 566. The molecular formula is C10H13FN2O5. The largest absolute Gasteiger partial charge is 0.394 e. The summed E-state index contributed by atoms with van der Waals surface area (Å²) in [6.07, 6.45) is -1.86. The predicted molar refractivity (Wildman–Crippen MR) is 57.5 cm³/mol. The van der Waals surface area contributed by atoms with Gasteiger partial charge in [-0.2, -0.15) is 4.39 Å². The number of halogens is 1. The monoisotopic (exact) mass is 260 g/mol. The number of nitrogens with zero attached hydrogens (tertiary/aromatic N) is 2. The highest BCUT2D eigenvalue weighted by atomic mass is 19.1. The summed E-state index contributed by atoms with van der Waals surface area (Å²) in [5, 5.41) is 18.5. The van der Waals surface area contributed by atoms with E-state index >= 15 is 0 Å². The second kappa shape index (κ2) is 4.63. The molecule has 0 aliphatic carbocycles. The molecule has 0 aromatic carbocycles. The van der Waals surface area contributed by atoms with Gasteiger partial charge in [0.1, 0.15) is 12.3 Å². The van der Waals surface area contributed by atoms with E-state index in [4.69, 9.17) is 9.84 Å². The van der Waals surface area contributed by atoms with Crippen LogP contribution in [-0.4, -0.2) is 38.2 Å². The van der Waals surface area contributed by atoms with Crippen molar-refractivity contribution in [2.45, 2.75) is 24.9 Å². The molecule has 0 radical (unpaired) electrons. The highest BCUT2D eigenvalue weighted by Crippen LogP contribution is 2.27. The second-order valence-electron chi connectivity index (χ2n) is 4.15. The van der Waals surface area contributed by atoms with Crippen LogP contribution >= 0.6 is 0 Å². The fourth-order valence-electron chi connectivity index (χ4n) is 1.91. The van der Waals surface area contributed by atoms with Gasteiger partial charge in [0, 0.05) is 13.5 Å². The Morgan fingerprint density at radius 1 is 1.56 bits per heavy atom. The summed E-state index contributed by atoms with van der Waals surface area (Å²) in [5.74, 6) is -1.08. The summed E-state index contributed by atoms with van der Waals surface area (Å²) in [6.45, 7) is -0.402. The Morgan fingerprint density at radius 3 is 2.78 bits per heavy atom. The molecule has 2 rings (SSSR count). The minimum Gasteiger partial charge on any atom is -0.394 e. The molecule has 1 aromatic heterocycles. The van der Waals surface area contributed by atoms with Gasteiger partial charge < -0.3 is 14.9 Å². The fourth-order valence-corrected chi connectivity index (χ4v) is 1.91. The van der Waals surface area contributed by atoms with Crippen molar-refractivity contribution >= 4 is 0 Å². The minimum atomic E-state index is -1.08. The Hall–Kier alpha value is -1.51. The van der Waals surface area contributed by atoms with Crippen molar-refractivity contribution < 1.29 is 19.3 Å². The van der Waals surface area contributed by atoms with E-state index < -0.39 is 42.1 Å². The maximum Gasteiger partial charge on any atom is 0.333 e. The number of hydrogen-bond acceptors (Lipinski definition) is 5. The zero-order chi connectivity index (χ0) is 13.4. The molecule has 1 aromatic rings. The van der Waals surface area contributed by atoms with Crippen LogP contribution in [0.5, 0.6) is 0 Å². The lowest BCUT2D eigenvalue weighted by Gasteiger charge is -2.15. The number of rotatable bonds is 2. The highest BCUT2D eigenvalue weighted by molar-refractivity contribution is 4.92. The molecule has 2 heterocycles. The molecule has 1 fully saturated rings. The first kappa shape index (κ1) is 12.9. The first-order valence-corrected chi connectivity index (χ1v) is 5.37. The van der Waals surface area contributed by atoms with Gasteiger partial charge >= 0.3 is 5.69 Å². The van der Waals surface area contributed by atoms with Crippen LogP contribution in [0.1, 0.15) is 12.6 Å². The third-order valence-corrected chi connectivity index (χ3v) is 2.96. The lowest BCUT2D eigenvalue weighted by Crippen LogP contribution is -2.40. The summed E-state index contributed by atoms with van der Waals surface area (Å²) < 4.78 is 20.0. The van der Waals surface area contributed by atoms with Crippen LogP contribution < -0.4 is 11.2 Å². The third kappa shape index (κ3) is 1.98. The van der Waals surface area contributed by atoms with E-state index in [1.807, 2.05) is 0 Å². The Kier molecular flexibility index (Phi) is 3.33. The van der Waals surface area contributed by atoms with Crippen LogP contribution in [0.2, 0.25) is 0 Å². The van der Waals surface area contributed by atoms with Crippen LogP contribution in [0.25, 0.3) is 0 Å². The summed E-state index contributed by atoms with van der Waals surface area (Å²) in [7, 11) is 1.15. The Labute approximate surface area is 101 Å². The molecule has 18 heavy (non-hydrogen) atoms. The second-order valence-corrected chi connectivity index (χ2v) is 4.15. The molecule has 0 saturated carbocycles. The molecule has 1 aliphatic heterocycles. The van der Waals surface area contributed by atoms with Gasteiger partial charge in [0.05, 0.1) is 18.9 Å². The van der Waals surface area contributed by atoms with Crippen LogP contribution in [0.3, 0.4) is 0 Å². The van der Waals surface area contributed by atoms with E-state index in [0.717, 1.165) is 17.8 Å². The molecule has 1 aliphatic rings. The van der Waals surface area contributed by atoms with Gasteiger partial charge in [-0.3, -0.25) is 13.9 Å². The molecule has 8 heteroatoms. The van der Waals surface area contributed by atoms with Crippen molar-refractivity contribution in [2.24, 2.45) is 7.05 Å². The van der Waals surface area contributed by atoms with Gasteiger partial charge in [0.15, 0.2) is 0 Å². The molecular weight excluding hydrogens is 247 g/mol. The first-order valence-electron chi connectivity index (χ1n) is 5.37. The molecule has 3 unspecified atom stereocenters. The molecule has 1 saturated heterocycles. The number of aliphatic hydroxyl groups excluding tert-OH is 2. The maximum absolute atomic E-state index is 13.3. The molecule has 2 N–H and O–H groups in total. The van der Waals surface area contributed by atoms with Crippen molar-refractivity contribution in [1.82, 2.24) is 9.13 Å². The lowest BCUT2D eigenvalue weighted by atomic mass is 10.2. The zero-order valence-corrected chi connectivity index (χ0v) is 9.62. The van der Waals surface area contributed by atoms with E-state index in [9.17, 15) is 19.1 Å². The first-order chi connectivity index (χ1) is 8.45. The van der Waals surface area contributed by atoms with Crippen molar-refractivity contribution in [3.8, 4) is 0 Å². The average Bonchev–Trinajstić information content (AvgIpc) is 2.72. The van der Waals surface area contributed by atoms with Crippen LogP contribution in [0, 0.1) is 5.82 Å². The topological polar surface area (TPSA) is 93.7 Å². The fraction of sp³-hybridized carbons (Fsp3) is 0.600. The third-order valence-electron chi connectivity index (χ3n) is 2.96. The van der Waals surface area contributed by atoms with Crippen LogP contribution in [0.4, 0.5) is 4.39 Å². The van der Waals surface area contributed by atoms with E-state index in [-0.39, 0.29) is 6.42 Å². The van der Waals surface area contributed by atoms with Crippen molar-refractivity contribution in [1.29, 1.82) is 0 Å². The summed E-state index contributed by atoms with van der Waals surface area (Å²) >= 11 is 0. The summed E-state index contributed by atoms with van der Waals surface area (Å²) in [5.41, 5.74) is -1.76. The molecule has 0 amide bonds. The highest BCUT2D eigenvalue weighted by Gasteiger charge is 2.35. The Balaban J connectivity index is 2.42. The van der Waals surface area contributed by atoms with Gasteiger partial charge in [0.25, 0.3) is 5.56 Å². The minimum absolute atomic E-state index is 0.0444. The van der Waals surface area contributed by atoms with Gasteiger partial charge in [-0.1, -0.05) is 0 Å². The molecule has 0 bridgehead atoms. The number of aliphatic hydroxyl groups is 2.